The van der Waals surface area contributed by atoms with E-state index in [-0.39, 0.29) is 19.4 Å². The van der Waals surface area contributed by atoms with Gasteiger partial charge in [0.1, 0.15) is 5.75 Å². The maximum absolute atomic E-state index is 12.3. The van der Waals surface area contributed by atoms with Gasteiger partial charge in [0.05, 0.1) is 13.2 Å². The van der Waals surface area contributed by atoms with Crippen LogP contribution in [0.3, 0.4) is 0 Å². The monoisotopic (exact) mass is 272 g/mol. The summed E-state index contributed by atoms with van der Waals surface area (Å²) in [7, 11) is -3.50. The minimum absolute atomic E-state index is 0.198. The van der Waals surface area contributed by atoms with Crippen molar-refractivity contribution in [1.82, 2.24) is 0 Å². The zero-order valence-corrected chi connectivity index (χ0v) is 11.4. The van der Waals surface area contributed by atoms with Crippen LogP contribution in [0.25, 0.3) is 0 Å². The molecule has 0 fully saturated rings. The van der Waals surface area contributed by atoms with E-state index in [4.69, 9.17) is 13.8 Å². The second-order valence-electron chi connectivity index (χ2n) is 3.40. The summed E-state index contributed by atoms with van der Waals surface area (Å²) in [5.74, 6) is -0.191. The van der Waals surface area contributed by atoms with Gasteiger partial charge < -0.3 is 9.26 Å². The minimum atomic E-state index is -3.50. The molecule has 1 aromatic carbocycles. The average molecular weight is 272 g/mol. The van der Waals surface area contributed by atoms with E-state index in [2.05, 4.69) is 0 Å². The van der Waals surface area contributed by atoms with Gasteiger partial charge >= 0.3 is 13.6 Å². The highest BCUT2D eigenvalue weighted by Crippen LogP contribution is 2.48. The van der Waals surface area contributed by atoms with E-state index in [0.29, 0.717) is 5.75 Å². The third kappa shape index (κ3) is 4.90. The highest BCUT2D eigenvalue weighted by Gasteiger charge is 2.30. The summed E-state index contributed by atoms with van der Waals surface area (Å²) < 4.78 is 27.4. The van der Waals surface area contributed by atoms with Crippen LogP contribution in [0.15, 0.2) is 30.3 Å². The number of carbonyl (C=O) groups is 1. The quantitative estimate of drug-likeness (QED) is 0.564. The lowest BCUT2D eigenvalue weighted by Gasteiger charge is -2.17. The first-order valence-corrected chi connectivity index (χ1v) is 7.46. The molecule has 0 saturated heterocycles. The predicted molar refractivity (Wildman–Crippen MR) is 67.8 cm³/mol. The summed E-state index contributed by atoms with van der Waals surface area (Å²) in [6, 6.07) is 8.60. The summed E-state index contributed by atoms with van der Waals surface area (Å²) in [6.07, 6.45) is -0.385. The van der Waals surface area contributed by atoms with Gasteiger partial charge in [0.25, 0.3) is 0 Å². The fourth-order valence-corrected chi connectivity index (χ4v) is 2.76. The van der Waals surface area contributed by atoms with Gasteiger partial charge in [0.15, 0.2) is 6.16 Å². The summed E-state index contributed by atoms with van der Waals surface area (Å²) in [4.78, 5) is 11.4. The van der Waals surface area contributed by atoms with Gasteiger partial charge in [-0.2, -0.15) is 0 Å². The van der Waals surface area contributed by atoms with E-state index in [1.165, 1.54) is 0 Å². The van der Waals surface area contributed by atoms with Crippen LogP contribution < -0.4 is 4.52 Å². The molecule has 1 aromatic rings. The maximum atomic E-state index is 12.3. The van der Waals surface area contributed by atoms with E-state index in [9.17, 15) is 9.36 Å². The minimum Gasteiger partial charge on any atom is -0.465 e. The Morgan fingerprint density at radius 1 is 1.17 bits per heavy atom. The van der Waals surface area contributed by atoms with Crippen LogP contribution in [0.1, 0.15) is 13.8 Å². The predicted octanol–water partition coefficient (Wildman–Crippen LogP) is 2.86. The molecular formula is C12H17O5P. The standard InChI is InChI=1S/C12H17O5P/c1-3-15-12(13)10-18(14,16-4-2)17-11-8-6-5-7-9-11/h5-9H,3-4,10H2,1-2H3. The lowest BCUT2D eigenvalue weighted by Crippen LogP contribution is -2.14. The van der Waals surface area contributed by atoms with Crippen LogP contribution in [0.4, 0.5) is 0 Å². The lowest BCUT2D eigenvalue weighted by atomic mass is 10.3. The van der Waals surface area contributed by atoms with Crippen LogP contribution in [0, 0.1) is 0 Å². The number of rotatable bonds is 7. The zero-order valence-electron chi connectivity index (χ0n) is 10.5. The fraction of sp³-hybridized carbons (Fsp3) is 0.417. The van der Waals surface area contributed by atoms with E-state index in [0.717, 1.165) is 0 Å². The molecule has 5 nitrogen and oxygen atoms in total. The van der Waals surface area contributed by atoms with Crippen LogP contribution in [-0.2, 0) is 18.6 Å². The Hall–Kier alpha value is -1.32. The van der Waals surface area contributed by atoms with Crippen molar-refractivity contribution in [3.63, 3.8) is 0 Å². The van der Waals surface area contributed by atoms with Crippen LogP contribution in [0.2, 0.25) is 0 Å². The second kappa shape index (κ2) is 7.19. The van der Waals surface area contributed by atoms with E-state index < -0.39 is 13.6 Å². The van der Waals surface area contributed by atoms with E-state index in [1.807, 2.05) is 6.07 Å². The summed E-state index contributed by atoms with van der Waals surface area (Å²) in [6.45, 7) is 3.80. The molecule has 100 valence electrons. The summed E-state index contributed by atoms with van der Waals surface area (Å²) in [5, 5.41) is 0. The van der Waals surface area contributed by atoms with Gasteiger partial charge in [0.2, 0.25) is 0 Å². The molecule has 0 heterocycles. The molecule has 1 rings (SSSR count). The van der Waals surface area contributed by atoms with Gasteiger partial charge in [-0.1, -0.05) is 18.2 Å². The molecule has 1 atom stereocenters. The van der Waals surface area contributed by atoms with Crippen LogP contribution >= 0.6 is 7.60 Å². The van der Waals surface area contributed by atoms with E-state index in [1.54, 1.807) is 38.1 Å². The molecule has 0 aromatic heterocycles. The number of ether oxygens (including phenoxy) is 1. The van der Waals surface area contributed by atoms with Gasteiger partial charge in [-0.3, -0.25) is 9.32 Å². The van der Waals surface area contributed by atoms with Gasteiger partial charge in [-0.25, -0.2) is 4.57 Å². The lowest BCUT2D eigenvalue weighted by molar-refractivity contribution is -0.140. The summed E-state index contributed by atoms with van der Waals surface area (Å²) >= 11 is 0. The Morgan fingerprint density at radius 3 is 2.39 bits per heavy atom. The Balaban J connectivity index is 2.74. The molecule has 18 heavy (non-hydrogen) atoms. The number of hydrogen-bond acceptors (Lipinski definition) is 5. The Kier molecular flexibility index (Phi) is 5.89. The molecule has 0 radical (unpaired) electrons. The Labute approximate surface area is 107 Å². The van der Waals surface area contributed by atoms with Crippen LogP contribution in [0.5, 0.6) is 5.75 Å². The van der Waals surface area contributed by atoms with Crippen molar-refractivity contribution in [3.05, 3.63) is 30.3 Å². The molecule has 0 aliphatic carbocycles. The number of esters is 1. The topological polar surface area (TPSA) is 61.8 Å². The second-order valence-corrected chi connectivity index (χ2v) is 5.37. The number of hydrogen-bond donors (Lipinski definition) is 0. The van der Waals surface area contributed by atoms with Crippen molar-refractivity contribution >= 4 is 13.6 Å². The maximum Gasteiger partial charge on any atom is 0.390 e. The first-order valence-electron chi connectivity index (χ1n) is 5.73. The molecule has 0 bridgehead atoms. The average Bonchev–Trinajstić information content (AvgIpc) is 2.30. The largest absolute Gasteiger partial charge is 0.465 e. The van der Waals surface area contributed by atoms with Crippen molar-refractivity contribution in [1.29, 1.82) is 0 Å². The molecular weight excluding hydrogens is 255 g/mol. The highest BCUT2D eigenvalue weighted by molar-refractivity contribution is 7.55. The first kappa shape index (κ1) is 14.7. The Morgan fingerprint density at radius 2 is 1.83 bits per heavy atom. The zero-order chi connectivity index (χ0) is 13.4. The Bertz CT molecular complexity index is 418. The SMILES string of the molecule is CCOC(=O)CP(=O)(OCC)Oc1ccccc1. The van der Waals surface area contributed by atoms with Crippen molar-refractivity contribution in [2.75, 3.05) is 19.4 Å². The smallest absolute Gasteiger partial charge is 0.390 e. The van der Waals surface area contributed by atoms with Gasteiger partial charge in [-0.05, 0) is 26.0 Å². The molecule has 0 aliphatic heterocycles. The summed E-state index contributed by atoms with van der Waals surface area (Å²) in [5.41, 5.74) is 0. The molecule has 0 aliphatic rings. The first-order chi connectivity index (χ1) is 8.59. The molecule has 6 heteroatoms. The molecule has 0 N–H and O–H groups in total. The number of para-hydroxylation sites is 1. The number of carbonyl (C=O) groups excluding carboxylic acids is 1. The van der Waals surface area contributed by atoms with Crippen LogP contribution in [-0.4, -0.2) is 25.3 Å². The van der Waals surface area contributed by atoms with Crippen molar-refractivity contribution in [2.45, 2.75) is 13.8 Å². The third-order valence-electron chi connectivity index (χ3n) is 1.94. The van der Waals surface area contributed by atoms with Crippen molar-refractivity contribution < 1.29 is 23.1 Å². The normalized spacial score (nSPS) is 13.7. The van der Waals surface area contributed by atoms with Crippen molar-refractivity contribution in [2.24, 2.45) is 0 Å². The number of benzene rings is 1. The van der Waals surface area contributed by atoms with Gasteiger partial charge in [-0.15, -0.1) is 0 Å². The van der Waals surface area contributed by atoms with E-state index >= 15 is 0 Å². The molecule has 0 amide bonds. The highest BCUT2D eigenvalue weighted by atomic mass is 31.2. The molecule has 0 spiro atoms. The molecule has 1 unspecified atom stereocenters. The third-order valence-corrected chi connectivity index (χ3v) is 3.73. The molecule has 0 saturated carbocycles. The fourth-order valence-electron chi connectivity index (χ4n) is 1.31. The van der Waals surface area contributed by atoms with Gasteiger partial charge in [0, 0.05) is 0 Å². The van der Waals surface area contributed by atoms with Crippen molar-refractivity contribution in [3.8, 4) is 5.75 Å².